The molecule has 2 rings (SSSR count). The van der Waals surface area contributed by atoms with Crippen LogP contribution in [-0.4, -0.2) is 36.6 Å². The van der Waals surface area contributed by atoms with Gasteiger partial charge < -0.3 is 15.6 Å². The Bertz CT molecular complexity index is 516. The van der Waals surface area contributed by atoms with Crippen molar-refractivity contribution in [2.45, 2.75) is 25.7 Å². The van der Waals surface area contributed by atoms with Crippen LogP contribution in [0.2, 0.25) is 0 Å². The molecule has 2 aromatic rings. The molecule has 1 aromatic heterocycles. The zero-order chi connectivity index (χ0) is 13.7. The molecule has 0 saturated carbocycles. The fourth-order valence-corrected chi connectivity index (χ4v) is 2.25. The van der Waals surface area contributed by atoms with Crippen LogP contribution in [0.25, 0.3) is 11.0 Å². The van der Waals surface area contributed by atoms with E-state index < -0.39 is 0 Å². The maximum absolute atomic E-state index is 4.26. The van der Waals surface area contributed by atoms with E-state index in [1.165, 1.54) is 5.56 Å². The number of imidazole rings is 1. The highest BCUT2D eigenvalue weighted by Gasteiger charge is 2.20. The fraction of sp³-hybridized carbons (Fsp3) is 0.533. The maximum Gasteiger partial charge on any atom is 0.0931 e. The van der Waals surface area contributed by atoms with Crippen LogP contribution >= 0.6 is 0 Å². The van der Waals surface area contributed by atoms with E-state index in [4.69, 9.17) is 0 Å². The van der Waals surface area contributed by atoms with E-state index in [0.717, 1.165) is 37.1 Å². The average molecular weight is 260 g/mol. The first-order valence-electron chi connectivity index (χ1n) is 6.92. The molecular formula is C15H24N4. The Balaban J connectivity index is 1.97. The van der Waals surface area contributed by atoms with Crippen molar-refractivity contribution in [3.8, 4) is 0 Å². The summed E-state index contributed by atoms with van der Waals surface area (Å²) < 4.78 is 0. The molecule has 104 valence electrons. The molecule has 0 spiro atoms. The summed E-state index contributed by atoms with van der Waals surface area (Å²) in [6, 6.07) is 6.47. The van der Waals surface area contributed by atoms with Crippen LogP contribution in [0.1, 0.15) is 25.8 Å². The lowest BCUT2D eigenvalue weighted by molar-refractivity contribution is 0.465. The summed E-state index contributed by atoms with van der Waals surface area (Å²) in [5, 5.41) is 6.70. The molecule has 0 unspecified atom stereocenters. The molecule has 0 fully saturated rings. The highest BCUT2D eigenvalue weighted by atomic mass is 14.9. The molecule has 19 heavy (non-hydrogen) atoms. The van der Waals surface area contributed by atoms with Crippen LogP contribution in [0.3, 0.4) is 0 Å². The molecule has 0 aliphatic carbocycles. The summed E-state index contributed by atoms with van der Waals surface area (Å²) in [5.74, 6) is 0. The van der Waals surface area contributed by atoms with Gasteiger partial charge in [-0.05, 0) is 44.3 Å². The van der Waals surface area contributed by atoms with Gasteiger partial charge in [0.2, 0.25) is 0 Å². The third-order valence-electron chi connectivity index (χ3n) is 3.55. The van der Waals surface area contributed by atoms with Crippen LogP contribution in [0.15, 0.2) is 24.5 Å². The number of hydrogen-bond acceptors (Lipinski definition) is 3. The summed E-state index contributed by atoms with van der Waals surface area (Å²) in [6.45, 7) is 7.64. The van der Waals surface area contributed by atoms with Crippen LogP contribution in [0.4, 0.5) is 0 Å². The third-order valence-corrected chi connectivity index (χ3v) is 3.55. The monoisotopic (exact) mass is 260 g/mol. The molecular weight excluding hydrogens is 236 g/mol. The van der Waals surface area contributed by atoms with Gasteiger partial charge in [-0.2, -0.15) is 0 Å². The second-order valence-corrected chi connectivity index (χ2v) is 5.65. The molecule has 1 heterocycles. The minimum atomic E-state index is 0.124. The van der Waals surface area contributed by atoms with Crippen LogP contribution in [0, 0.1) is 0 Å². The Kier molecular flexibility index (Phi) is 4.56. The second kappa shape index (κ2) is 6.17. The number of aromatic amines is 1. The number of hydrogen-bond donors (Lipinski definition) is 3. The number of H-pyrrole nitrogens is 1. The van der Waals surface area contributed by atoms with E-state index in [0.29, 0.717) is 0 Å². The molecule has 0 atom stereocenters. The third kappa shape index (κ3) is 3.55. The molecule has 0 aliphatic rings. The van der Waals surface area contributed by atoms with Gasteiger partial charge in [-0.15, -0.1) is 0 Å². The van der Waals surface area contributed by atoms with Gasteiger partial charge in [-0.3, -0.25) is 0 Å². The molecule has 3 N–H and O–H groups in total. The number of nitrogens with zero attached hydrogens (tertiary/aromatic N) is 1. The van der Waals surface area contributed by atoms with Gasteiger partial charge in [0.15, 0.2) is 0 Å². The van der Waals surface area contributed by atoms with Crippen LogP contribution < -0.4 is 10.6 Å². The minimum Gasteiger partial charge on any atom is -0.345 e. The summed E-state index contributed by atoms with van der Waals surface area (Å²) in [5.41, 5.74) is 3.60. The standard InChI is InChI=1S/C15H24N4/c1-15(2,10-17-8-4-7-16-3)12-5-6-13-14(9-12)19-11-18-13/h5-6,9,11,16-17H,4,7-8,10H2,1-3H3,(H,18,19). The number of fused-ring (bicyclic) bond motifs is 1. The number of nitrogens with one attached hydrogen (secondary N) is 3. The first-order chi connectivity index (χ1) is 9.13. The van der Waals surface area contributed by atoms with Crippen molar-refractivity contribution < 1.29 is 0 Å². The highest BCUT2D eigenvalue weighted by Crippen LogP contribution is 2.24. The van der Waals surface area contributed by atoms with Gasteiger partial charge in [0.25, 0.3) is 0 Å². The number of benzene rings is 1. The topological polar surface area (TPSA) is 52.7 Å². The number of rotatable bonds is 7. The predicted octanol–water partition coefficient (Wildman–Crippen LogP) is 2.04. The van der Waals surface area contributed by atoms with Crippen molar-refractivity contribution in [1.82, 2.24) is 20.6 Å². The van der Waals surface area contributed by atoms with E-state index in [9.17, 15) is 0 Å². The molecule has 0 bridgehead atoms. The lowest BCUT2D eigenvalue weighted by atomic mass is 9.84. The van der Waals surface area contributed by atoms with Gasteiger partial charge in [0, 0.05) is 12.0 Å². The summed E-state index contributed by atoms with van der Waals surface area (Å²) in [6.07, 6.45) is 2.91. The zero-order valence-electron chi connectivity index (χ0n) is 12.1. The van der Waals surface area contributed by atoms with E-state index in [1.54, 1.807) is 6.33 Å². The molecule has 4 nitrogen and oxygen atoms in total. The van der Waals surface area contributed by atoms with Crippen molar-refractivity contribution in [3.05, 3.63) is 30.1 Å². The maximum atomic E-state index is 4.26. The normalized spacial score (nSPS) is 12.2. The van der Waals surface area contributed by atoms with Gasteiger partial charge in [0.1, 0.15) is 0 Å². The molecule has 0 saturated heterocycles. The average Bonchev–Trinajstić information content (AvgIpc) is 2.85. The first kappa shape index (κ1) is 14.0. The SMILES string of the molecule is CNCCCNCC(C)(C)c1ccc2nc[nH]c2c1. The van der Waals surface area contributed by atoms with E-state index in [-0.39, 0.29) is 5.41 Å². The summed E-state index contributed by atoms with van der Waals surface area (Å²) >= 11 is 0. The Hall–Kier alpha value is -1.39. The lowest BCUT2D eigenvalue weighted by Gasteiger charge is -2.26. The second-order valence-electron chi connectivity index (χ2n) is 5.65. The Labute approximate surface area is 115 Å². The summed E-state index contributed by atoms with van der Waals surface area (Å²) in [7, 11) is 1.99. The van der Waals surface area contributed by atoms with Crippen molar-refractivity contribution in [2.24, 2.45) is 0 Å². The molecule has 1 aromatic carbocycles. The van der Waals surface area contributed by atoms with Crippen molar-refractivity contribution in [3.63, 3.8) is 0 Å². The molecule has 0 aliphatic heterocycles. The molecule has 0 amide bonds. The smallest absolute Gasteiger partial charge is 0.0931 e. The molecule has 0 radical (unpaired) electrons. The first-order valence-corrected chi connectivity index (χ1v) is 6.92. The quantitative estimate of drug-likeness (QED) is 0.668. The fourth-order valence-electron chi connectivity index (χ4n) is 2.25. The largest absolute Gasteiger partial charge is 0.345 e. The van der Waals surface area contributed by atoms with Gasteiger partial charge in [-0.25, -0.2) is 4.98 Å². The number of aromatic nitrogens is 2. The minimum absolute atomic E-state index is 0.124. The Morgan fingerprint density at radius 2 is 2.11 bits per heavy atom. The van der Waals surface area contributed by atoms with E-state index >= 15 is 0 Å². The van der Waals surface area contributed by atoms with Crippen LogP contribution in [-0.2, 0) is 5.41 Å². The van der Waals surface area contributed by atoms with Gasteiger partial charge in [-0.1, -0.05) is 19.9 Å². The van der Waals surface area contributed by atoms with Crippen LogP contribution in [0.5, 0.6) is 0 Å². The molecule has 4 heteroatoms. The Morgan fingerprint density at radius 3 is 2.89 bits per heavy atom. The zero-order valence-corrected chi connectivity index (χ0v) is 12.1. The highest BCUT2D eigenvalue weighted by molar-refractivity contribution is 5.75. The summed E-state index contributed by atoms with van der Waals surface area (Å²) in [4.78, 5) is 7.44. The predicted molar refractivity (Wildman–Crippen MR) is 80.5 cm³/mol. The van der Waals surface area contributed by atoms with E-state index in [2.05, 4.69) is 52.6 Å². The van der Waals surface area contributed by atoms with Gasteiger partial charge >= 0.3 is 0 Å². The van der Waals surface area contributed by atoms with Crippen molar-refractivity contribution >= 4 is 11.0 Å². The van der Waals surface area contributed by atoms with Crippen molar-refractivity contribution in [2.75, 3.05) is 26.7 Å². The lowest BCUT2D eigenvalue weighted by Crippen LogP contribution is -2.34. The van der Waals surface area contributed by atoms with Gasteiger partial charge in [0.05, 0.1) is 17.4 Å². The van der Waals surface area contributed by atoms with E-state index in [1.807, 2.05) is 7.05 Å². The Morgan fingerprint density at radius 1 is 1.26 bits per heavy atom. The van der Waals surface area contributed by atoms with Crippen molar-refractivity contribution in [1.29, 1.82) is 0 Å².